The number of nitrogens with one attached hydrogen (secondary N) is 1. The van der Waals surface area contributed by atoms with Gasteiger partial charge in [-0.1, -0.05) is 24.3 Å². The van der Waals surface area contributed by atoms with Gasteiger partial charge in [-0.2, -0.15) is 4.98 Å². The largest absolute Gasteiger partial charge is 0.366 e. The lowest BCUT2D eigenvalue weighted by Gasteiger charge is -2.13. The van der Waals surface area contributed by atoms with E-state index in [1.54, 1.807) is 23.6 Å². The smallest absolute Gasteiger partial charge is 0.240 e. The zero-order chi connectivity index (χ0) is 19.7. The Bertz CT molecular complexity index is 1140. The van der Waals surface area contributed by atoms with E-state index in [0.29, 0.717) is 11.3 Å². The fraction of sp³-hybridized carbons (Fsp3) is 0.0952. The number of carbonyl (C=O) groups is 1. The predicted octanol–water partition coefficient (Wildman–Crippen LogP) is 3.86. The number of halogens is 1. The third kappa shape index (κ3) is 3.55. The van der Waals surface area contributed by atoms with Crippen molar-refractivity contribution in [3.05, 3.63) is 78.2 Å². The minimum atomic E-state index is -0.388. The van der Waals surface area contributed by atoms with Gasteiger partial charge in [0.1, 0.15) is 5.82 Å². The Morgan fingerprint density at radius 2 is 1.71 bits per heavy atom. The summed E-state index contributed by atoms with van der Waals surface area (Å²) in [6, 6.07) is 17.2. The first-order chi connectivity index (χ1) is 13.5. The molecule has 1 atom stereocenters. The van der Waals surface area contributed by atoms with Crippen molar-refractivity contribution in [2.75, 3.05) is 11.1 Å². The van der Waals surface area contributed by atoms with E-state index in [9.17, 15) is 9.18 Å². The minimum Gasteiger partial charge on any atom is -0.366 e. The molecule has 2 aromatic heterocycles. The molecule has 140 valence electrons. The molecule has 0 bridgehead atoms. The SMILES string of the molecule is C[C@@H](C(=O)Nc1ccc(-c2ccc3nc(N)nn3c2)cc1)c1ccc(F)cc1. The van der Waals surface area contributed by atoms with Crippen LogP contribution in [-0.2, 0) is 4.79 Å². The third-order valence-electron chi connectivity index (χ3n) is 4.60. The van der Waals surface area contributed by atoms with Crippen molar-refractivity contribution < 1.29 is 9.18 Å². The Morgan fingerprint density at radius 3 is 2.43 bits per heavy atom. The first kappa shape index (κ1) is 17.7. The molecule has 0 unspecified atom stereocenters. The molecule has 4 aromatic rings. The summed E-state index contributed by atoms with van der Waals surface area (Å²) in [6.07, 6.45) is 1.85. The third-order valence-corrected chi connectivity index (χ3v) is 4.60. The van der Waals surface area contributed by atoms with Gasteiger partial charge < -0.3 is 11.1 Å². The van der Waals surface area contributed by atoms with Crippen molar-refractivity contribution >= 4 is 23.2 Å². The highest BCUT2D eigenvalue weighted by Gasteiger charge is 2.15. The average Bonchev–Trinajstić information content (AvgIpc) is 3.07. The van der Waals surface area contributed by atoms with Crippen LogP contribution in [0.25, 0.3) is 16.8 Å². The molecule has 28 heavy (non-hydrogen) atoms. The van der Waals surface area contributed by atoms with Crippen molar-refractivity contribution in [1.82, 2.24) is 14.6 Å². The highest BCUT2D eigenvalue weighted by Crippen LogP contribution is 2.23. The van der Waals surface area contributed by atoms with Crippen LogP contribution in [0.2, 0.25) is 0 Å². The van der Waals surface area contributed by atoms with E-state index in [1.807, 2.05) is 42.6 Å². The number of anilines is 2. The molecule has 4 rings (SSSR count). The minimum absolute atomic E-state index is 0.154. The lowest BCUT2D eigenvalue weighted by Crippen LogP contribution is -2.18. The Morgan fingerprint density at radius 1 is 1.04 bits per heavy atom. The maximum absolute atomic E-state index is 13.0. The Labute approximate surface area is 160 Å². The second kappa shape index (κ2) is 7.11. The summed E-state index contributed by atoms with van der Waals surface area (Å²) in [4.78, 5) is 16.6. The molecule has 7 heteroatoms. The van der Waals surface area contributed by atoms with Gasteiger partial charge in [0.2, 0.25) is 11.9 Å². The number of rotatable bonds is 4. The van der Waals surface area contributed by atoms with Crippen molar-refractivity contribution in [2.24, 2.45) is 0 Å². The number of nitrogens with two attached hydrogens (primary N) is 1. The van der Waals surface area contributed by atoms with E-state index < -0.39 is 0 Å². The molecule has 0 saturated heterocycles. The molecular formula is C21H18FN5O. The topological polar surface area (TPSA) is 85.3 Å². The van der Waals surface area contributed by atoms with Gasteiger partial charge in [-0.25, -0.2) is 8.91 Å². The van der Waals surface area contributed by atoms with E-state index in [4.69, 9.17) is 5.73 Å². The van der Waals surface area contributed by atoms with Gasteiger partial charge in [0, 0.05) is 17.4 Å². The van der Waals surface area contributed by atoms with Crippen LogP contribution in [-0.4, -0.2) is 20.5 Å². The lowest BCUT2D eigenvalue weighted by atomic mass is 10.00. The summed E-state index contributed by atoms with van der Waals surface area (Å²) >= 11 is 0. The van der Waals surface area contributed by atoms with E-state index in [0.717, 1.165) is 16.7 Å². The monoisotopic (exact) mass is 375 g/mol. The van der Waals surface area contributed by atoms with E-state index in [-0.39, 0.29) is 23.6 Å². The van der Waals surface area contributed by atoms with E-state index >= 15 is 0 Å². The van der Waals surface area contributed by atoms with Gasteiger partial charge in [0.05, 0.1) is 5.92 Å². The lowest BCUT2D eigenvalue weighted by molar-refractivity contribution is -0.117. The first-order valence-corrected chi connectivity index (χ1v) is 8.78. The maximum atomic E-state index is 13.0. The van der Waals surface area contributed by atoms with Gasteiger partial charge in [-0.3, -0.25) is 4.79 Å². The first-order valence-electron chi connectivity index (χ1n) is 8.78. The molecule has 2 heterocycles. The van der Waals surface area contributed by atoms with Crippen LogP contribution in [0.15, 0.2) is 66.9 Å². The summed E-state index contributed by atoms with van der Waals surface area (Å²) in [5.41, 5.74) is 9.67. The Kier molecular flexibility index (Phi) is 4.49. The van der Waals surface area contributed by atoms with Gasteiger partial charge >= 0.3 is 0 Å². The standard InChI is InChI=1S/C21H18FN5O/c1-13(14-2-7-17(22)8-3-14)20(28)24-18-9-4-15(5-10-18)16-6-11-19-25-21(23)26-27(19)12-16/h2-13H,1H3,(H2,23,26)(H,24,28)/t13-/m1/s1. The predicted molar refractivity (Wildman–Crippen MR) is 106 cm³/mol. The van der Waals surface area contributed by atoms with Gasteiger partial charge in [-0.05, 0) is 54.4 Å². The number of amides is 1. The quantitative estimate of drug-likeness (QED) is 0.567. The van der Waals surface area contributed by atoms with Crippen LogP contribution in [0.5, 0.6) is 0 Å². The van der Waals surface area contributed by atoms with Crippen LogP contribution in [0.3, 0.4) is 0 Å². The zero-order valence-corrected chi connectivity index (χ0v) is 15.1. The highest BCUT2D eigenvalue weighted by molar-refractivity contribution is 5.95. The summed E-state index contributed by atoms with van der Waals surface area (Å²) in [6.45, 7) is 1.79. The summed E-state index contributed by atoms with van der Waals surface area (Å²) in [7, 11) is 0. The van der Waals surface area contributed by atoms with Gasteiger partial charge in [0.15, 0.2) is 5.65 Å². The zero-order valence-electron chi connectivity index (χ0n) is 15.1. The normalized spacial score (nSPS) is 12.1. The van der Waals surface area contributed by atoms with Crippen LogP contribution < -0.4 is 11.1 Å². The van der Waals surface area contributed by atoms with Crippen molar-refractivity contribution in [3.8, 4) is 11.1 Å². The van der Waals surface area contributed by atoms with Crippen LogP contribution >= 0.6 is 0 Å². The molecule has 0 aliphatic heterocycles. The molecule has 6 nitrogen and oxygen atoms in total. The summed E-state index contributed by atoms with van der Waals surface area (Å²) < 4.78 is 14.7. The fourth-order valence-electron chi connectivity index (χ4n) is 2.97. The van der Waals surface area contributed by atoms with E-state index in [2.05, 4.69) is 15.4 Å². The molecule has 0 aliphatic rings. The molecule has 3 N–H and O–H groups in total. The summed E-state index contributed by atoms with van der Waals surface area (Å²) in [5, 5.41) is 7.00. The molecule has 0 saturated carbocycles. The van der Waals surface area contributed by atoms with Crippen LogP contribution in [0, 0.1) is 5.82 Å². The van der Waals surface area contributed by atoms with Crippen molar-refractivity contribution in [2.45, 2.75) is 12.8 Å². The Balaban J connectivity index is 1.49. The number of hydrogen-bond acceptors (Lipinski definition) is 4. The molecular weight excluding hydrogens is 357 g/mol. The fourth-order valence-corrected chi connectivity index (χ4v) is 2.97. The van der Waals surface area contributed by atoms with Gasteiger partial charge in [0.25, 0.3) is 0 Å². The second-order valence-electron chi connectivity index (χ2n) is 6.53. The number of carbonyl (C=O) groups excluding carboxylic acids is 1. The van der Waals surface area contributed by atoms with Crippen LogP contribution in [0.1, 0.15) is 18.4 Å². The number of aromatic nitrogens is 3. The highest BCUT2D eigenvalue weighted by atomic mass is 19.1. The van der Waals surface area contributed by atoms with Crippen molar-refractivity contribution in [1.29, 1.82) is 0 Å². The average molecular weight is 375 g/mol. The molecule has 0 fully saturated rings. The maximum Gasteiger partial charge on any atom is 0.240 e. The molecule has 1 amide bonds. The number of pyridine rings is 1. The number of hydrogen-bond donors (Lipinski definition) is 2. The van der Waals surface area contributed by atoms with Crippen molar-refractivity contribution in [3.63, 3.8) is 0 Å². The Hall–Kier alpha value is -3.74. The number of nitrogen functional groups attached to an aromatic ring is 1. The van der Waals surface area contributed by atoms with E-state index in [1.165, 1.54) is 12.1 Å². The number of nitrogens with zero attached hydrogens (tertiary/aromatic N) is 3. The number of benzene rings is 2. The number of fused-ring (bicyclic) bond motifs is 1. The van der Waals surface area contributed by atoms with Crippen LogP contribution in [0.4, 0.5) is 16.0 Å². The second-order valence-corrected chi connectivity index (χ2v) is 6.53. The molecule has 0 spiro atoms. The molecule has 2 aromatic carbocycles. The molecule has 0 radical (unpaired) electrons. The van der Waals surface area contributed by atoms with Gasteiger partial charge in [-0.15, -0.1) is 5.10 Å². The molecule has 0 aliphatic carbocycles. The summed E-state index contributed by atoms with van der Waals surface area (Å²) in [5.74, 6) is -0.636.